The highest BCUT2D eigenvalue weighted by Crippen LogP contribution is 2.37. The van der Waals surface area contributed by atoms with E-state index in [-0.39, 0.29) is 23.6 Å². The molecule has 0 bridgehead atoms. The van der Waals surface area contributed by atoms with E-state index in [1.165, 1.54) is 23.3 Å². The number of hydrogen-bond donors (Lipinski definition) is 1. The second-order valence-electron chi connectivity index (χ2n) is 11.0. The van der Waals surface area contributed by atoms with Crippen molar-refractivity contribution in [2.24, 2.45) is 0 Å². The zero-order chi connectivity index (χ0) is 30.3. The zero-order valence-corrected chi connectivity index (χ0v) is 28.8. The maximum Gasteiger partial charge on any atom is 0.307 e. The quantitative estimate of drug-likeness (QED) is 0.143. The van der Waals surface area contributed by atoms with E-state index in [9.17, 15) is 9.59 Å². The Labute approximate surface area is 275 Å². The second-order valence-corrected chi connectivity index (χ2v) is 13.8. The molecule has 2 aliphatic rings. The first-order chi connectivity index (χ1) is 20.9. The molecule has 5 rings (SSSR count). The lowest BCUT2D eigenvalue weighted by Crippen LogP contribution is -2.52. The number of nitrogens with one attached hydrogen (secondary N) is 1. The summed E-state index contributed by atoms with van der Waals surface area (Å²) in [6, 6.07) is 3.02. The summed E-state index contributed by atoms with van der Waals surface area (Å²) >= 11 is 5.66. The summed E-state index contributed by atoms with van der Waals surface area (Å²) in [5.74, 6) is 0.276. The molecule has 13 heteroatoms. The number of anilines is 2. The number of ether oxygens (including phenoxy) is 1. The van der Waals surface area contributed by atoms with Crippen molar-refractivity contribution in [2.75, 3.05) is 49.5 Å². The van der Waals surface area contributed by atoms with Gasteiger partial charge in [0.05, 0.1) is 36.0 Å². The third-order valence-corrected chi connectivity index (χ3v) is 10.9. The van der Waals surface area contributed by atoms with Crippen molar-refractivity contribution >= 4 is 68.1 Å². The van der Waals surface area contributed by atoms with Gasteiger partial charge in [-0.1, -0.05) is 40.9 Å². The molecule has 2 aliphatic heterocycles. The number of thiophene rings is 1. The molecule has 0 aliphatic carbocycles. The first kappa shape index (κ1) is 32.2. The largest absolute Gasteiger partial charge is 0.466 e. The maximum atomic E-state index is 13.2. The Balaban J connectivity index is 1.23. The summed E-state index contributed by atoms with van der Waals surface area (Å²) in [5.41, 5.74) is 2.53. The van der Waals surface area contributed by atoms with Gasteiger partial charge in [0.15, 0.2) is 5.13 Å². The molecule has 2 fully saturated rings. The van der Waals surface area contributed by atoms with Gasteiger partial charge in [0.25, 0.3) is 5.91 Å². The minimum atomic E-state index is -0.311. The monoisotopic (exact) mass is 737 g/mol. The Kier molecular flexibility index (Phi) is 11.4. The standard InChI is InChI=1S/C30H40IN7O3S2/c1-4-22-7-6-9-37(22)18-25-28(24-13-21(14-31)19-42-24)34-30(43-25)35-29(40)23-15-33-26(16-32-23)38-12-11-36(17-20(38)3)10-8-27(39)41-5-2/h13,15-16,19-20,22H,4-12,14,17-18H2,1-3H3,(H,34,35,40)/t20-,22-/m1/s1. The van der Waals surface area contributed by atoms with Crippen LogP contribution in [0.2, 0.25) is 0 Å². The average molecular weight is 738 g/mol. The van der Waals surface area contributed by atoms with Crippen molar-refractivity contribution < 1.29 is 14.3 Å². The molecular weight excluding hydrogens is 697 g/mol. The molecule has 10 nitrogen and oxygen atoms in total. The number of alkyl halides is 1. The first-order valence-corrected chi connectivity index (χ1v) is 18.3. The van der Waals surface area contributed by atoms with Crippen LogP contribution in [-0.2, 0) is 20.5 Å². The van der Waals surface area contributed by atoms with Gasteiger partial charge in [-0.2, -0.15) is 0 Å². The predicted octanol–water partition coefficient (Wildman–Crippen LogP) is 5.69. The Morgan fingerprint density at radius 2 is 2.05 bits per heavy atom. The summed E-state index contributed by atoms with van der Waals surface area (Å²) in [7, 11) is 0. The van der Waals surface area contributed by atoms with Crippen LogP contribution in [0.3, 0.4) is 0 Å². The van der Waals surface area contributed by atoms with Gasteiger partial charge in [-0.25, -0.2) is 15.0 Å². The van der Waals surface area contributed by atoms with E-state index >= 15 is 0 Å². The van der Waals surface area contributed by atoms with Gasteiger partial charge >= 0.3 is 5.97 Å². The van der Waals surface area contributed by atoms with Crippen LogP contribution in [-0.4, -0.2) is 88.0 Å². The van der Waals surface area contributed by atoms with Crippen LogP contribution in [0.15, 0.2) is 23.8 Å². The van der Waals surface area contributed by atoms with Crippen molar-refractivity contribution in [3.8, 4) is 10.6 Å². The molecule has 5 heterocycles. The number of aromatic nitrogens is 3. The Hall–Kier alpha value is -2.20. The lowest BCUT2D eigenvalue weighted by Gasteiger charge is -2.40. The predicted molar refractivity (Wildman–Crippen MR) is 181 cm³/mol. The Morgan fingerprint density at radius 3 is 2.74 bits per heavy atom. The van der Waals surface area contributed by atoms with Crippen molar-refractivity contribution in [3.63, 3.8) is 0 Å². The Bertz CT molecular complexity index is 1380. The fraction of sp³-hybridized carbons (Fsp3) is 0.567. The van der Waals surface area contributed by atoms with E-state index in [4.69, 9.17) is 9.72 Å². The normalized spacial score (nSPS) is 19.6. The van der Waals surface area contributed by atoms with E-state index in [0.29, 0.717) is 30.7 Å². The number of carbonyl (C=O) groups excluding carboxylic acids is 2. The van der Waals surface area contributed by atoms with Crippen LogP contribution in [0.1, 0.15) is 67.4 Å². The van der Waals surface area contributed by atoms with Gasteiger partial charge in [-0.3, -0.25) is 24.7 Å². The molecule has 2 saturated heterocycles. The SMILES string of the molecule is CCOC(=O)CCN1CCN(c2cnc(C(=O)Nc3nc(-c4cc(CI)cs4)c(CN4CCC[C@H]4CC)s3)cn2)[C@H](C)C1. The summed E-state index contributed by atoms with van der Waals surface area (Å²) < 4.78 is 6.01. The topological polar surface area (TPSA) is 104 Å². The molecule has 1 amide bonds. The highest BCUT2D eigenvalue weighted by molar-refractivity contribution is 14.1. The fourth-order valence-corrected chi connectivity index (χ4v) is 8.56. The van der Waals surface area contributed by atoms with Crippen molar-refractivity contribution in [1.82, 2.24) is 24.8 Å². The minimum absolute atomic E-state index is 0.156. The molecule has 0 spiro atoms. The molecule has 43 heavy (non-hydrogen) atoms. The summed E-state index contributed by atoms with van der Waals surface area (Å²) in [6.45, 7) is 11.7. The van der Waals surface area contributed by atoms with Gasteiger partial charge in [-0.05, 0) is 56.7 Å². The van der Waals surface area contributed by atoms with E-state index in [1.807, 2.05) is 6.92 Å². The van der Waals surface area contributed by atoms with E-state index in [1.54, 1.807) is 35.1 Å². The van der Waals surface area contributed by atoms with Gasteiger partial charge in [-0.15, -0.1) is 11.3 Å². The summed E-state index contributed by atoms with van der Waals surface area (Å²) in [6.07, 6.45) is 7.23. The van der Waals surface area contributed by atoms with Crippen LogP contribution < -0.4 is 10.2 Å². The van der Waals surface area contributed by atoms with E-state index in [2.05, 4.69) is 77.9 Å². The van der Waals surface area contributed by atoms with Crippen LogP contribution in [0.4, 0.5) is 10.9 Å². The molecule has 3 aromatic rings. The maximum absolute atomic E-state index is 13.2. The fourth-order valence-electron chi connectivity index (χ4n) is 5.83. The van der Waals surface area contributed by atoms with E-state index in [0.717, 1.165) is 60.0 Å². The molecular formula is C30H40IN7O3S2. The third-order valence-electron chi connectivity index (χ3n) is 8.09. The van der Waals surface area contributed by atoms with Gasteiger partial charge < -0.3 is 9.64 Å². The molecule has 2 atom stereocenters. The number of hydrogen-bond acceptors (Lipinski definition) is 11. The number of piperazine rings is 1. The molecule has 1 N–H and O–H groups in total. The summed E-state index contributed by atoms with van der Waals surface area (Å²) in [4.78, 5) is 48.3. The van der Waals surface area contributed by atoms with Gasteiger partial charge in [0.1, 0.15) is 11.5 Å². The number of carbonyl (C=O) groups is 2. The first-order valence-electron chi connectivity index (χ1n) is 15.0. The zero-order valence-electron chi connectivity index (χ0n) is 25.1. The number of rotatable bonds is 12. The van der Waals surface area contributed by atoms with Crippen molar-refractivity contribution in [3.05, 3.63) is 40.0 Å². The van der Waals surface area contributed by atoms with Crippen LogP contribution in [0.5, 0.6) is 0 Å². The molecule has 0 saturated carbocycles. The number of esters is 1. The van der Waals surface area contributed by atoms with Crippen molar-refractivity contribution in [1.29, 1.82) is 0 Å². The summed E-state index contributed by atoms with van der Waals surface area (Å²) in [5, 5.41) is 5.78. The smallest absolute Gasteiger partial charge is 0.307 e. The number of amides is 1. The van der Waals surface area contributed by atoms with Crippen LogP contribution in [0.25, 0.3) is 10.6 Å². The highest BCUT2D eigenvalue weighted by Gasteiger charge is 2.27. The Morgan fingerprint density at radius 1 is 1.19 bits per heavy atom. The van der Waals surface area contributed by atoms with Crippen LogP contribution in [0, 0.1) is 0 Å². The van der Waals surface area contributed by atoms with Gasteiger partial charge in [0.2, 0.25) is 0 Å². The van der Waals surface area contributed by atoms with Crippen LogP contribution >= 0.6 is 45.3 Å². The number of nitrogens with zero attached hydrogens (tertiary/aromatic N) is 6. The number of likely N-dealkylation sites (tertiary alicyclic amines) is 1. The number of thiazole rings is 1. The molecule has 3 aromatic heterocycles. The lowest BCUT2D eigenvalue weighted by atomic mass is 10.1. The molecule has 0 unspecified atom stereocenters. The second kappa shape index (κ2) is 15.2. The third kappa shape index (κ3) is 8.10. The van der Waals surface area contributed by atoms with Crippen molar-refractivity contribution in [2.45, 2.75) is 69.5 Å². The van der Waals surface area contributed by atoms with E-state index < -0.39 is 0 Å². The molecule has 232 valence electrons. The molecule has 0 aromatic carbocycles. The number of halogens is 1. The van der Waals surface area contributed by atoms with Gasteiger partial charge in [0, 0.05) is 54.1 Å². The highest BCUT2D eigenvalue weighted by atomic mass is 127. The average Bonchev–Trinajstić information content (AvgIpc) is 3.76. The lowest BCUT2D eigenvalue weighted by molar-refractivity contribution is -0.143. The molecule has 0 radical (unpaired) electrons. The minimum Gasteiger partial charge on any atom is -0.466 e.